The molecule has 226 valence electrons. The van der Waals surface area contributed by atoms with Crippen LogP contribution < -0.4 is 16.0 Å². The van der Waals surface area contributed by atoms with E-state index < -0.39 is 29.7 Å². The maximum atomic E-state index is 13.9. The summed E-state index contributed by atoms with van der Waals surface area (Å²) in [4.78, 5) is 40.4. The van der Waals surface area contributed by atoms with Gasteiger partial charge in [-0.1, -0.05) is 27.7 Å². The van der Waals surface area contributed by atoms with Crippen molar-refractivity contribution in [3.05, 3.63) is 70.3 Å². The molecule has 2 aromatic carbocycles. The minimum absolute atomic E-state index is 0.0472. The Balaban J connectivity index is 2.24. The van der Waals surface area contributed by atoms with Gasteiger partial charge in [0.1, 0.15) is 11.6 Å². The van der Waals surface area contributed by atoms with Crippen LogP contribution >= 0.6 is 0 Å². The molecule has 8 nitrogen and oxygen atoms in total. The van der Waals surface area contributed by atoms with Crippen LogP contribution in [0.4, 0.5) is 8.78 Å². The molecule has 2 aromatic rings. The van der Waals surface area contributed by atoms with Gasteiger partial charge in [0.05, 0.1) is 18.7 Å². The SMILES string of the molecule is CCCN(CCC)C(=O)c1cc(C)cc(C(=O)N[C@@H](Cc2cc(F)cc(F)c2)[C@H](O)CNCC(=O)NCC(C)C)c1. The molecular formula is C31H44F2N4O4. The van der Waals surface area contributed by atoms with Gasteiger partial charge in [-0.3, -0.25) is 14.4 Å². The minimum atomic E-state index is -1.20. The average molecular weight is 575 g/mol. The topological polar surface area (TPSA) is 111 Å². The number of carbonyl (C=O) groups is 3. The molecule has 0 radical (unpaired) electrons. The zero-order valence-electron chi connectivity index (χ0n) is 24.7. The molecule has 0 aliphatic heterocycles. The van der Waals surface area contributed by atoms with Crippen LogP contribution in [-0.4, -0.2) is 72.6 Å². The first-order valence-corrected chi connectivity index (χ1v) is 14.3. The van der Waals surface area contributed by atoms with E-state index in [1.54, 1.807) is 24.0 Å². The summed E-state index contributed by atoms with van der Waals surface area (Å²) in [5.74, 6) is -2.21. The molecule has 0 heterocycles. The van der Waals surface area contributed by atoms with Crippen molar-refractivity contribution in [2.45, 2.75) is 66.0 Å². The number of halogens is 2. The van der Waals surface area contributed by atoms with E-state index in [1.807, 2.05) is 27.7 Å². The summed E-state index contributed by atoms with van der Waals surface area (Å²) in [5.41, 5.74) is 1.57. The van der Waals surface area contributed by atoms with E-state index in [0.29, 0.717) is 30.8 Å². The van der Waals surface area contributed by atoms with Crippen molar-refractivity contribution >= 4 is 17.7 Å². The zero-order chi connectivity index (χ0) is 30.5. The van der Waals surface area contributed by atoms with Gasteiger partial charge in [0.25, 0.3) is 11.8 Å². The largest absolute Gasteiger partial charge is 0.390 e. The van der Waals surface area contributed by atoms with Gasteiger partial charge in [0.2, 0.25) is 5.91 Å². The van der Waals surface area contributed by atoms with Crippen LogP contribution in [-0.2, 0) is 11.2 Å². The van der Waals surface area contributed by atoms with E-state index in [-0.39, 0.29) is 48.4 Å². The van der Waals surface area contributed by atoms with E-state index >= 15 is 0 Å². The lowest BCUT2D eigenvalue weighted by atomic mass is 9.99. The standard InChI is InChI=1S/C31H44F2N4O4/c1-6-8-37(9-7-2)31(41)24-11-21(5)10-23(15-24)30(40)36-27(14-22-12-25(32)16-26(33)13-22)28(38)18-34-19-29(39)35-17-20(3)4/h10-13,15-16,20,27-28,34,38H,6-9,14,17-19H2,1-5H3,(H,35,39)(H,36,40)/t27-,28+/m0/s1. The van der Waals surface area contributed by atoms with Crippen LogP contribution in [0, 0.1) is 24.5 Å². The van der Waals surface area contributed by atoms with Crippen LogP contribution in [0.5, 0.6) is 0 Å². The highest BCUT2D eigenvalue weighted by Gasteiger charge is 2.24. The van der Waals surface area contributed by atoms with E-state index in [1.165, 1.54) is 6.07 Å². The molecule has 0 saturated heterocycles. The highest BCUT2D eigenvalue weighted by Crippen LogP contribution is 2.16. The Hall–Kier alpha value is -3.37. The molecule has 0 aliphatic carbocycles. The number of aliphatic hydroxyl groups excluding tert-OH is 1. The normalized spacial score (nSPS) is 12.6. The van der Waals surface area contributed by atoms with Gasteiger partial charge in [-0.25, -0.2) is 8.78 Å². The number of hydrogen-bond acceptors (Lipinski definition) is 5. The summed E-state index contributed by atoms with van der Waals surface area (Å²) < 4.78 is 27.8. The molecule has 2 atom stereocenters. The molecule has 0 spiro atoms. The highest BCUT2D eigenvalue weighted by molar-refractivity contribution is 6.00. The molecule has 2 rings (SSSR count). The Kier molecular flexibility index (Phi) is 13.9. The Morgan fingerprint density at radius 2 is 1.51 bits per heavy atom. The minimum Gasteiger partial charge on any atom is -0.390 e. The maximum Gasteiger partial charge on any atom is 0.253 e. The number of aliphatic hydroxyl groups is 1. The summed E-state index contributed by atoms with van der Waals surface area (Å²) >= 11 is 0. The first-order chi connectivity index (χ1) is 19.4. The Bertz CT molecular complexity index is 1150. The highest BCUT2D eigenvalue weighted by atomic mass is 19.1. The quantitative estimate of drug-likeness (QED) is 0.245. The smallest absolute Gasteiger partial charge is 0.253 e. The fraction of sp³-hybridized carbons (Fsp3) is 0.516. The number of rotatable bonds is 16. The Labute approximate surface area is 241 Å². The Morgan fingerprint density at radius 3 is 2.10 bits per heavy atom. The van der Waals surface area contributed by atoms with Gasteiger partial charge in [0.15, 0.2) is 0 Å². The van der Waals surface area contributed by atoms with Gasteiger partial charge >= 0.3 is 0 Å². The lowest BCUT2D eigenvalue weighted by molar-refractivity contribution is -0.120. The van der Waals surface area contributed by atoms with Crippen LogP contribution in [0.1, 0.15) is 72.4 Å². The summed E-state index contributed by atoms with van der Waals surface area (Å²) in [7, 11) is 0. The number of carbonyl (C=O) groups excluding carboxylic acids is 3. The zero-order valence-corrected chi connectivity index (χ0v) is 24.7. The monoisotopic (exact) mass is 574 g/mol. The van der Waals surface area contributed by atoms with Crippen molar-refractivity contribution in [3.8, 4) is 0 Å². The molecule has 10 heteroatoms. The van der Waals surface area contributed by atoms with E-state index in [9.17, 15) is 28.3 Å². The van der Waals surface area contributed by atoms with Crippen molar-refractivity contribution < 1.29 is 28.3 Å². The molecule has 0 aromatic heterocycles. The van der Waals surface area contributed by atoms with Gasteiger partial charge < -0.3 is 26.0 Å². The number of amides is 3. The van der Waals surface area contributed by atoms with Crippen molar-refractivity contribution in [2.75, 3.05) is 32.7 Å². The molecule has 4 N–H and O–H groups in total. The van der Waals surface area contributed by atoms with Crippen LogP contribution in [0.3, 0.4) is 0 Å². The molecule has 0 saturated carbocycles. The van der Waals surface area contributed by atoms with Gasteiger partial charge in [0, 0.05) is 43.4 Å². The van der Waals surface area contributed by atoms with Gasteiger partial charge in [-0.15, -0.1) is 0 Å². The van der Waals surface area contributed by atoms with Crippen molar-refractivity contribution in [1.82, 2.24) is 20.9 Å². The second kappa shape index (κ2) is 16.8. The third-order valence-corrected chi connectivity index (χ3v) is 6.37. The lowest BCUT2D eigenvalue weighted by Crippen LogP contribution is -2.50. The molecule has 0 unspecified atom stereocenters. The number of aryl methyl sites for hydroxylation is 1. The van der Waals surface area contributed by atoms with E-state index in [0.717, 1.165) is 31.0 Å². The predicted octanol–water partition coefficient (Wildman–Crippen LogP) is 3.60. The fourth-order valence-corrected chi connectivity index (χ4v) is 4.45. The molecule has 41 heavy (non-hydrogen) atoms. The van der Waals surface area contributed by atoms with E-state index in [2.05, 4.69) is 16.0 Å². The summed E-state index contributed by atoms with van der Waals surface area (Å²) in [5, 5.41) is 19.4. The fourth-order valence-electron chi connectivity index (χ4n) is 4.45. The third-order valence-electron chi connectivity index (χ3n) is 6.37. The first-order valence-electron chi connectivity index (χ1n) is 14.3. The van der Waals surface area contributed by atoms with Crippen molar-refractivity contribution in [2.24, 2.45) is 5.92 Å². The molecule has 0 fully saturated rings. The molecular weight excluding hydrogens is 530 g/mol. The molecule has 0 bridgehead atoms. The third kappa shape index (κ3) is 11.6. The second-order valence-corrected chi connectivity index (χ2v) is 10.8. The lowest BCUT2D eigenvalue weighted by Gasteiger charge is -2.25. The average Bonchev–Trinajstić information content (AvgIpc) is 2.90. The van der Waals surface area contributed by atoms with Gasteiger partial charge in [-0.2, -0.15) is 0 Å². The number of benzene rings is 2. The van der Waals surface area contributed by atoms with Crippen LogP contribution in [0.2, 0.25) is 0 Å². The van der Waals surface area contributed by atoms with Crippen molar-refractivity contribution in [1.29, 1.82) is 0 Å². The number of hydrogen-bond donors (Lipinski definition) is 4. The molecule has 3 amide bonds. The van der Waals surface area contributed by atoms with Gasteiger partial charge in [-0.05, 0) is 73.6 Å². The first kappa shape index (κ1) is 33.8. The number of nitrogens with zero attached hydrogens (tertiary/aromatic N) is 1. The van der Waals surface area contributed by atoms with Crippen LogP contribution in [0.15, 0.2) is 36.4 Å². The van der Waals surface area contributed by atoms with E-state index in [4.69, 9.17) is 0 Å². The maximum absolute atomic E-state index is 13.9. The van der Waals surface area contributed by atoms with Crippen molar-refractivity contribution in [3.63, 3.8) is 0 Å². The summed E-state index contributed by atoms with van der Waals surface area (Å²) in [6, 6.07) is 6.96. The number of nitrogens with one attached hydrogen (secondary N) is 3. The second-order valence-electron chi connectivity index (χ2n) is 10.8. The Morgan fingerprint density at radius 1 is 0.902 bits per heavy atom. The summed E-state index contributed by atoms with van der Waals surface area (Å²) in [6.07, 6.45) is 0.344. The summed E-state index contributed by atoms with van der Waals surface area (Å²) in [6.45, 7) is 11.3. The van der Waals surface area contributed by atoms with Crippen LogP contribution in [0.25, 0.3) is 0 Å². The molecule has 0 aliphatic rings. The predicted molar refractivity (Wildman–Crippen MR) is 156 cm³/mol.